The molecule has 2 rings (SSSR count). The molecule has 0 radical (unpaired) electrons. The third kappa shape index (κ3) is 3.47. The van der Waals surface area contributed by atoms with E-state index < -0.39 is 17.8 Å². The lowest BCUT2D eigenvalue weighted by Gasteiger charge is -2.29. The lowest BCUT2D eigenvalue weighted by Crippen LogP contribution is -2.40. The summed E-state index contributed by atoms with van der Waals surface area (Å²) >= 11 is 0. The third-order valence-corrected chi connectivity index (χ3v) is 3.51. The maximum atomic E-state index is 13.1. The van der Waals surface area contributed by atoms with Gasteiger partial charge >= 0.3 is 6.18 Å². The molecule has 21 heavy (non-hydrogen) atoms. The molecule has 1 heterocycles. The summed E-state index contributed by atoms with van der Waals surface area (Å²) in [7, 11) is 3.81. The van der Waals surface area contributed by atoms with Gasteiger partial charge in [-0.25, -0.2) is 0 Å². The van der Waals surface area contributed by atoms with Crippen molar-refractivity contribution < 1.29 is 13.2 Å². The van der Waals surface area contributed by atoms with E-state index in [-0.39, 0.29) is 12.1 Å². The molecule has 0 aromatic heterocycles. The monoisotopic (exact) mass is 300 g/mol. The number of rotatable bonds is 4. The van der Waals surface area contributed by atoms with Gasteiger partial charge in [0.05, 0.1) is 18.2 Å². The van der Waals surface area contributed by atoms with E-state index in [0.717, 1.165) is 6.07 Å². The summed E-state index contributed by atoms with van der Waals surface area (Å²) < 4.78 is 39.4. The first kappa shape index (κ1) is 15.6. The average molecular weight is 300 g/mol. The summed E-state index contributed by atoms with van der Waals surface area (Å²) in [6.07, 6.45) is -4.37. The van der Waals surface area contributed by atoms with E-state index in [9.17, 15) is 13.2 Å². The first-order valence-electron chi connectivity index (χ1n) is 6.68. The van der Waals surface area contributed by atoms with E-state index in [2.05, 4.69) is 4.99 Å². The van der Waals surface area contributed by atoms with E-state index in [1.807, 2.05) is 19.0 Å². The summed E-state index contributed by atoms with van der Waals surface area (Å²) in [6, 6.07) is 5.17. The zero-order chi connectivity index (χ0) is 15.6. The van der Waals surface area contributed by atoms with Crippen molar-refractivity contribution in [2.75, 3.05) is 33.7 Å². The van der Waals surface area contributed by atoms with Crippen molar-refractivity contribution in [1.82, 2.24) is 9.80 Å². The van der Waals surface area contributed by atoms with Crippen molar-refractivity contribution in [3.8, 4) is 0 Å². The van der Waals surface area contributed by atoms with Gasteiger partial charge in [0.15, 0.2) is 5.96 Å². The van der Waals surface area contributed by atoms with E-state index in [1.165, 1.54) is 12.1 Å². The van der Waals surface area contributed by atoms with Crippen LogP contribution in [0.5, 0.6) is 0 Å². The van der Waals surface area contributed by atoms with Crippen LogP contribution in [-0.4, -0.2) is 49.5 Å². The Hall–Kier alpha value is -1.76. The lowest BCUT2D eigenvalue weighted by atomic mass is 9.99. The smallest absolute Gasteiger partial charge is 0.370 e. The topological polar surface area (TPSA) is 44.9 Å². The number of benzene rings is 1. The van der Waals surface area contributed by atoms with Gasteiger partial charge in [0, 0.05) is 13.1 Å². The molecule has 4 nitrogen and oxygen atoms in total. The number of nitrogens with two attached hydrogens (primary N) is 1. The SMILES string of the molecule is CN(C)CCN1C(N)=NCC1c1ccccc1C(F)(F)F. The van der Waals surface area contributed by atoms with Gasteiger partial charge < -0.3 is 15.5 Å². The van der Waals surface area contributed by atoms with E-state index in [1.54, 1.807) is 11.0 Å². The van der Waals surface area contributed by atoms with Crippen LogP contribution in [0.25, 0.3) is 0 Å². The van der Waals surface area contributed by atoms with Gasteiger partial charge in [-0.05, 0) is 25.7 Å². The van der Waals surface area contributed by atoms with Gasteiger partial charge in [-0.15, -0.1) is 0 Å². The van der Waals surface area contributed by atoms with Crippen LogP contribution in [0, 0.1) is 0 Å². The van der Waals surface area contributed by atoms with E-state index >= 15 is 0 Å². The quantitative estimate of drug-likeness (QED) is 0.924. The minimum atomic E-state index is -4.37. The summed E-state index contributed by atoms with van der Waals surface area (Å²) in [6.45, 7) is 1.49. The highest BCUT2D eigenvalue weighted by atomic mass is 19.4. The highest BCUT2D eigenvalue weighted by Gasteiger charge is 2.38. The molecule has 1 aromatic carbocycles. The molecule has 0 saturated carbocycles. The molecule has 1 unspecified atom stereocenters. The number of guanidine groups is 1. The van der Waals surface area contributed by atoms with Crippen molar-refractivity contribution in [2.24, 2.45) is 10.7 Å². The van der Waals surface area contributed by atoms with Crippen LogP contribution in [0.2, 0.25) is 0 Å². The molecule has 2 N–H and O–H groups in total. The van der Waals surface area contributed by atoms with E-state index in [0.29, 0.717) is 19.0 Å². The molecular formula is C14H19F3N4. The largest absolute Gasteiger partial charge is 0.416 e. The number of nitrogens with zero attached hydrogens (tertiary/aromatic N) is 3. The van der Waals surface area contributed by atoms with Gasteiger partial charge in [0.1, 0.15) is 0 Å². The van der Waals surface area contributed by atoms with Gasteiger partial charge in [-0.2, -0.15) is 13.2 Å². The number of hydrogen-bond acceptors (Lipinski definition) is 4. The highest BCUT2D eigenvalue weighted by Crippen LogP contribution is 2.37. The second kappa shape index (κ2) is 5.93. The molecule has 0 aliphatic carbocycles. The lowest BCUT2D eigenvalue weighted by molar-refractivity contribution is -0.138. The Morgan fingerprint density at radius 3 is 2.62 bits per heavy atom. The number of hydrogen-bond donors (Lipinski definition) is 1. The summed E-state index contributed by atoms with van der Waals surface area (Å²) in [5.74, 6) is 0.304. The molecule has 0 saturated heterocycles. The molecule has 0 amide bonds. The number of likely N-dealkylation sites (N-methyl/N-ethyl adjacent to an activating group) is 1. The summed E-state index contributed by atoms with van der Waals surface area (Å²) in [5.41, 5.74) is 5.44. The maximum absolute atomic E-state index is 13.1. The second-order valence-corrected chi connectivity index (χ2v) is 5.30. The zero-order valence-electron chi connectivity index (χ0n) is 12.1. The molecule has 7 heteroatoms. The summed E-state index contributed by atoms with van der Waals surface area (Å²) in [5, 5.41) is 0. The Morgan fingerprint density at radius 1 is 1.33 bits per heavy atom. The maximum Gasteiger partial charge on any atom is 0.416 e. The summed E-state index contributed by atoms with van der Waals surface area (Å²) in [4.78, 5) is 7.81. The van der Waals surface area contributed by atoms with Gasteiger partial charge in [-0.1, -0.05) is 18.2 Å². The number of halogens is 3. The molecule has 0 bridgehead atoms. The highest BCUT2D eigenvalue weighted by molar-refractivity contribution is 5.80. The van der Waals surface area contributed by atoms with Crippen molar-refractivity contribution in [1.29, 1.82) is 0 Å². The Morgan fingerprint density at radius 2 is 2.00 bits per heavy atom. The molecule has 0 spiro atoms. The third-order valence-electron chi connectivity index (χ3n) is 3.51. The minimum absolute atomic E-state index is 0.230. The van der Waals surface area contributed by atoms with E-state index in [4.69, 9.17) is 5.73 Å². The Bertz CT molecular complexity index is 525. The van der Waals surface area contributed by atoms with Crippen LogP contribution >= 0.6 is 0 Å². The molecule has 116 valence electrons. The fraction of sp³-hybridized carbons (Fsp3) is 0.500. The van der Waals surface area contributed by atoms with Crippen LogP contribution in [0.15, 0.2) is 29.3 Å². The van der Waals surface area contributed by atoms with Crippen LogP contribution in [-0.2, 0) is 6.18 Å². The Labute approximate surface area is 122 Å². The van der Waals surface area contributed by atoms with Crippen LogP contribution in [0.1, 0.15) is 17.2 Å². The normalized spacial score (nSPS) is 19.2. The van der Waals surface area contributed by atoms with Crippen molar-refractivity contribution >= 4 is 5.96 Å². The van der Waals surface area contributed by atoms with Crippen molar-refractivity contribution in [3.05, 3.63) is 35.4 Å². The minimum Gasteiger partial charge on any atom is -0.370 e. The molecule has 1 aliphatic heterocycles. The first-order valence-corrected chi connectivity index (χ1v) is 6.68. The van der Waals surface area contributed by atoms with Gasteiger partial charge in [0.2, 0.25) is 0 Å². The fourth-order valence-corrected chi connectivity index (χ4v) is 2.42. The Kier molecular flexibility index (Phi) is 4.41. The fourth-order valence-electron chi connectivity index (χ4n) is 2.42. The number of alkyl halides is 3. The molecular weight excluding hydrogens is 281 g/mol. The predicted octanol–water partition coefficient (Wildman–Crippen LogP) is 1.94. The van der Waals surface area contributed by atoms with Crippen molar-refractivity contribution in [2.45, 2.75) is 12.2 Å². The van der Waals surface area contributed by atoms with Crippen LogP contribution in [0.4, 0.5) is 13.2 Å². The average Bonchev–Trinajstić information content (AvgIpc) is 2.76. The molecule has 0 fully saturated rings. The van der Waals surface area contributed by atoms with Crippen LogP contribution < -0.4 is 5.73 Å². The van der Waals surface area contributed by atoms with Gasteiger partial charge in [0.25, 0.3) is 0 Å². The first-order chi connectivity index (χ1) is 9.80. The Balaban J connectivity index is 2.29. The second-order valence-electron chi connectivity index (χ2n) is 5.30. The standard InChI is InChI=1S/C14H19F3N4/c1-20(2)7-8-21-12(9-19-13(21)18)10-5-3-4-6-11(10)14(15,16)17/h3-6,12H,7-9H2,1-2H3,(H2,18,19). The van der Waals surface area contributed by atoms with Crippen molar-refractivity contribution in [3.63, 3.8) is 0 Å². The number of aliphatic imine (C=N–C) groups is 1. The molecule has 1 aliphatic rings. The zero-order valence-corrected chi connectivity index (χ0v) is 12.1. The van der Waals surface area contributed by atoms with Crippen LogP contribution in [0.3, 0.4) is 0 Å². The predicted molar refractivity (Wildman–Crippen MR) is 75.9 cm³/mol. The molecule has 1 atom stereocenters. The van der Waals surface area contributed by atoms with Gasteiger partial charge in [-0.3, -0.25) is 4.99 Å². The molecule has 1 aromatic rings.